The van der Waals surface area contributed by atoms with Crippen LogP contribution in [0.2, 0.25) is 5.02 Å². The molecule has 0 fully saturated rings. The van der Waals surface area contributed by atoms with E-state index in [0.717, 1.165) is 11.1 Å². The normalized spacial score (nSPS) is 11.3. The van der Waals surface area contributed by atoms with Crippen LogP contribution in [0.25, 0.3) is 6.08 Å². The molecule has 0 aliphatic carbocycles. The van der Waals surface area contributed by atoms with Crippen molar-refractivity contribution in [3.05, 3.63) is 82.9 Å². The minimum absolute atomic E-state index is 0.0562. The molecule has 0 saturated heterocycles. The molecule has 0 radical (unpaired) electrons. The molecule has 1 amide bonds. The van der Waals surface area contributed by atoms with E-state index in [4.69, 9.17) is 21.1 Å². The summed E-state index contributed by atoms with van der Waals surface area (Å²) in [5.41, 5.74) is 2.36. The molecule has 0 unspecified atom stereocenters. The summed E-state index contributed by atoms with van der Waals surface area (Å²) in [6.07, 6.45) is 3.00. The fourth-order valence-corrected chi connectivity index (χ4v) is 4.23. The molecule has 3 aromatic rings. The van der Waals surface area contributed by atoms with Crippen LogP contribution < -0.4 is 19.5 Å². The summed E-state index contributed by atoms with van der Waals surface area (Å²) >= 11 is 5.96. The largest absolute Gasteiger partial charge is 0.493 e. The molecule has 3 aromatic carbocycles. The Morgan fingerprint density at radius 3 is 2.30 bits per heavy atom. The molecule has 0 heterocycles. The average Bonchev–Trinajstić information content (AvgIpc) is 2.80. The molecule has 0 saturated carbocycles. The van der Waals surface area contributed by atoms with E-state index in [1.807, 2.05) is 0 Å². The second kappa shape index (κ2) is 10.4. The average molecular weight is 487 g/mol. The van der Waals surface area contributed by atoms with E-state index in [0.29, 0.717) is 27.9 Å². The SMILES string of the molecule is COc1ccc(C=CC(=O)Nc2ccc(S(=O)(=O)Nc3cc(Cl)ccc3C)cc2)cc1OC. The van der Waals surface area contributed by atoms with Crippen molar-refractivity contribution >= 4 is 45.0 Å². The first-order valence-corrected chi connectivity index (χ1v) is 11.7. The predicted molar refractivity (Wildman–Crippen MR) is 131 cm³/mol. The van der Waals surface area contributed by atoms with Gasteiger partial charge in [0.05, 0.1) is 24.8 Å². The highest BCUT2D eigenvalue weighted by molar-refractivity contribution is 7.92. The van der Waals surface area contributed by atoms with Crippen molar-refractivity contribution in [2.24, 2.45) is 0 Å². The van der Waals surface area contributed by atoms with E-state index in [1.165, 1.54) is 37.5 Å². The summed E-state index contributed by atoms with van der Waals surface area (Å²) in [6.45, 7) is 1.78. The maximum Gasteiger partial charge on any atom is 0.261 e. The lowest BCUT2D eigenvalue weighted by Gasteiger charge is -2.11. The van der Waals surface area contributed by atoms with Crippen molar-refractivity contribution < 1.29 is 22.7 Å². The molecular weight excluding hydrogens is 464 g/mol. The first kappa shape index (κ1) is 24.2. The maximum absolute atomic E-state index is 12.7. The van der Waals surface area contributed by atoms with Gasteiger partial charge in [-0.3, -0.25) is 9.52 Å². The zero-order valence-electron chi connectivity index (χ0n) is 18.3. The molecule has 0 bridgehead atoms. The number of nitrogens with one attached hydrogen (secondary N) is 2. The van der Waals surface area contributed by atoms with Gasteiger partial charge in [-0.25, -0.2) is 8.42 Å². The minimum atomic E-state index is -3.81. The predicted octanol–water partition coefficient (Wildman–Crippen LogP) is 5.12. The molecule has 172 valence electrons. The number of carbonyl (C=O) groups excluding carboxylic acids is 1. The molecule has 0 aliphatic heterocycles. The number of amides is 1. The molecule has 2 N–H and O–H groups in total. The molecule has 0 spiro atoms. The van der Waals surface area contributed by atoms with Gasteiger partial charge in [0.25, 0.3) is 10.0 Å². The zero-order chi connectivity index (χ0) is 24.0. The Bertz CT molecular complexity index is 1290. The topological polar surface area (TPSA) is 93.7 Å². The number of rotatable bonds is 8. The fourth-order valence-electron chi connectivity index (χ4n) is 2.94. The Balaban J connectivity index is 1.67. The van der Waals surface area contributed by atoms with E-state index in [9.17, 15) is 13.2 Å². The van der Waals surface area contributed by atoms with Gasteiger partial charge < -0.3 is 14.8 Å². The van der Waals surface area contributed by atoms with Crippen LogP contribution >= 0.6 is 11.6 Å². The van der Waals surface area contributed by atoms with Crippen LogP contribution in [-0.4, -0.2) is 28.5 Å². The van der Waals surface area contributed by atoms with Gasteiger partial charge in [-0.15, -0.1) is 0 Å². The summed E-state index contributed by atoms with van der Waals surface area (Å²) < 4.78 is 38.3. The number of sulfonamides is 1. The summed E-state index contributed by atoms with van der Waals surface area (Å²) in [5.74, 6) is 0.778. The van der Waals surface area contributed by atoms with Gasteiger partial charge in [0, 0.05) is 16.8 Å². The number of ether oxygens (including phenoxy) is 2. The molecular formula is C24H23ClN2O5S. The first-order chi connectivity index (χ1) is 15.7. The summed E-state index contributed by atoms with van der Waals surface area (Å²) in [4.78, 5) is 12.3. The van der Waals surface area contributed by atoms with Gasteiger partial charge in [0.15, 0.2) is 11.5 Å². The Kier molecular flexibility index (Phi) is 7.63. The van der Waals surface area contributed by atoms with E-state index in [-0.39, 0.29) is 10.8 Å². The summed E-state index contributed by atoms with van der Waals surface area (Å²) in [7, 11) is -0.731. The number of carbonyl (C=O) groups is 1. The summed E-state index contributed by atoms with van der Waals surface area (Å²) in [6, 6.07) is 16.1. The molecule has 3 rings (SSSR count). The lowest BCUT2D eigenvalue weighted by molar-refractivity contribution is -0.111. The second-order valence-electron chi connectivity index (χ2n) is 7.03. The van der Waals surface area contributed by atoms with Crippen LogP contribution in [0.5, 0.6) is 11.5 Å². The van der Waals surface area contributed by atoms with Crippen molar-refractivity contribution in [2.75, 3.05) is 24.3 Å². The zero-order valence-corrected chi connectivity index (χ0v) is 19.8. The number of halogens is 1. The van der Waals surface area contributed by atoms with Crippen molar-refractivity contribution in [1.29, 1.82) is 0 Å². The van der Waals surface area contributed by atoms with Crippen LogP contribution in [0.3, 0.4) is 0 Å². The maximum atomic E-state index is 12.7. The lowest BCUT2D eigenvalue weighted by atomic mass is 10.2. The molecule has 9 heteroatoms. The van der Waals surface area contributed by atoms with Crippen LogP contribution in [0.4, 0.5) is 11.4 Å². The van der Waals surface area contributed by atoms with Crippen LogP contribution in [0.15, 0.2) is 71.6 Å². The van der Waals surface area contributed by atoms with Gasteiger partial charge in [-0.2, -0.15) is 0 Å². The van der Waals surface area contributed by atoms with E-state index >= 15 is 0 Å². The Morgan fingerprint density at radius 1 is 0.939 bits per heavy atom. The van der Waals surface area contributed by atoms with E-state index in [1.54, 1.807) is 56.5 Å². The van der Waals surface area contributed by atoms with Crippen molar-refractivity contribution in [3.63, 3.8) is 0 Å². The van der Waals surface area contributed by atoms with Gasteiger partial charge >= 0.3 is 0 Å². The number of methoxy groups -OCH3 is 2. The van der Waals surface area contributed by atoms with Crippen LogP contribution in [-0.2, 0) is 14.8 Å². The lowest BCUT2D eigenvalue weighted by Crippen LogP contribution is -2.14. The Morgan fingerprint density at radius 2 is 1.64 bits per heavy atom. The van der Waals surface area contributed by atoms with Gasteiger partial charge in [-0.05, 0) is 72.7 Å². The molecule has 7 nitrogen and oxygen atoms in total. The van der Waals surface area contributed by atoms with Crippen molar-refractivity contribution in [3.8, 4) is 11.5 Å². The Labute approximate surface area is 198 Å². The number of hydrogen-bond donors (Lipinski definition) is 2. The van der Waals surface area contributed by atoms with Crippen LogP contribution in [0, 0.1) is 6.92 Å². The number of benzene rings is 3. The third kappa shape index (κ3) is 6.27. The summed E-state index contributed by atoms with van der Waals surface area (Å²) in [5, 5.41) is 3.12. The third-order valence-corrected chi connectivity index (χ3v) is 6.33. The smallest absolute Gasteiger partial charge is 0.261 e. The molecule has 0 atom stereocenters. The van der Waals surface area contributed by atoms with E-state index in [2.05, 4.69) is 10.0 Å². The van der Waals surface area contributed by atoms with E-state index < -0.39 is 10.0 Å². The number of aryl methyl sites for hydroxylation is 1. The number of hydrogen-bond acceptors (Lipinski definition) is 5. The molecule has 0 aliphatic rings. The highest BCUT2D eigenvalue weighted by Crippen LogP contribution is 2.28. The second-order valence-corrected chi connectivity index (χ2v) is 9.14. The first-order valence-electron chi connectivity index (χ1n) is 9.82. The highest BCUT2D eigenvalue weighted by atomic mass is 35.5. The molecule has 33 heavy (non-hydrogen) atoms. The van der Waals surface area contributed by atoms with Crippen LogP contribution in [0.1, 0.15) is 11.1 Å². The molecule has 0 aromatic heterocycles. The van der Waals surface area contributed by atoms with Crippen molar-refractivity contribution in [1.82, 2.24) is 0 Å². The quantitative estimate of drug-likeness (QED) is 0.431. The minimum Gasteiger partial charge on any atom is -0.493 e. The Hall–Kier alpha value is -3.49. The van der Waals surface area contributed by atoms with Gasteiger partial charge in [-0.1, -0.05) is 23.7 Å². The van der Waals surface area contributed by atoms with Crippen molar-refractivity contribution in [2.45, 2.75) is 11.8 Å². The van der Waals surface area contributed by atoms with Gasteiger partial charge in [0.2, 0.25) is 5.91 Å². The third-order valence-electron chi connectivity index (χ3n) is 4.71. The monoisotopic (exact) mass is 486 g/mol. The number of anilines is 2. The fraction of sp³-hybridized carbons (Fsp3) is 0.125. The van der Waals surface area contributed by atoms with Gasteiger partial charge in [0.1, 0.15) is 0 Å². The standard InChI is InChI=1S/C24H23ClN2O5S/c1-16-4-7-18(25)15-21(16)27-33(29,30)20-10-8-19(9-11-20)26-24(28)13-6-17-5-12-22(31-2)23(14-17)32-3/h4-15,27H,1-3H3,(H,26,28). The highest BCUT2D eigenvalue weighted by Gasteiger charge is 2.15.